The van der Waals surface area contributed by atoms with E-state index in [-0.39, 0.29) is 0 Å². The topological polar surface area (TPSA) is 54.3 Å². The molecule has 0 aromatic carbocycles. The molecule has 3 fully saturated rings. The first kappa shape index (κ1) is 16.1. The molecule has 132 valence electrons. The second-order valence-corrected chi connectivity index (χ2v) is 7.97. The Labute approximate surface area is 144 Å². The summed E-state index contributed by atoms with van der Waals surface area (Å²) in [5.74, 6) is 3.61. The van der Waals surface area contributed by atoms with Crippen LogP contribution in [0, 0.1) is 17.8 Å². The van der Waals surface area contributed by atoms with Crippen molar-refractivity contribution in [2.24, 2.45) is 24.8 Å². The Hall–Kier alpha value is -1.43. The number of hydrogen-bond acceptors (Lipinski definition) is 4. The number of amides is 1. The van der Waals surface area contributed by atoms with E-state index in [1.807, 2.05) is 11.7 Å². The number of likely N-dealkylation sites (tertiary alicyclic amines) is 2. The van der Waals surface area contributed by atoms with E-state index in [9.17, 15) is 4.79 Å². The summed E-state index contributed by atoms with van der Waals surface area (Å²) >= 11 is 0. The van der Waals surface area contributed by atoms with Crippen LogP contribution in [0.25, 0.3) is 0 Å². The van der Waals surface area contributed by atoms with Crippen molar-refractivity contribution in [3.63, 3.8) is 0 Å². The summed E-state index contributed by atoms with van der Waals surface area (Å²) < 4.78 is 1.85. The zero-order valence-corrected chi connectivity index (χ0v) is 14.7. The molecule has 6 nitrogen and oxygen atoms in total. The monoisotopic (exact) mass is 331 g/mol. The Balaban J connectivity index is 1.22. The third kappa shape index (κ3) is 3.34. The molecule has 24 heavy (non-hydrogen) atoms. The molecule has 3 heterocycles. The van der Waals surface area contributed by atoms with Gasteiger partial charge < -0.3 is 4.90 Å². The predicted octanol–water partition coefficient (Wildman–Crippen LogP) is 1.68. The second-order valence-electron chi connectivity index (χ2n) is 7.97. The average molecular weight is 331 g/mol. The van der Waals surface area contributed by atoms with Gasteiger partial charge in [-0.25, -0.2) is 4.98 Å². The maximum atomic E-state index is 12.6. The quantitative estimate of drug-likeness (QED) is 0.842. The highest BCUT2D eigenvalue weighted by molar-refractivity contribution is 5.76. The summed E-state index contributed by atoms with van der Waals surface area (Å²) in [6, 6.07) is 0. The van der Waals surface area contributed by atoms with E-state index >= 15 is 0 Å². The molecule has 1 amide bonds. The van der Waals surface area contributed by atoms with E-state index < -0.39 is 0 Å². The van der Waals surface area contributed by atoms with E-state index in [1.165, 1.54) is 19.3 Å². The number of carbonyl (C=O) groups excluding carboxylic acids is 1. The van der Waals surface area contributed by atoms with Crippen molar-refractivity contribution in [3.8, 4) is 0 Å². The van der Waals surface area contributed by atoms with Crippen LogP contribution in [0.15, 0.2) is 6.33 Å². The number of carbonyl (C=O) groups is 1. The van der Waals surface area contributed by atoms with Crippen molar-refractivity contribution < 1.29 is 4.79 Å². The van der Waals surface area contributed by atoms with Crippen molar-refractivity contribution in [1.82, 2.24) is 24.6 Å². The fourth-order valence-corrected chi connectivity index (χ4v) is 4.83. The Kier molecular flexibility index (Phi) is 4.57. The number of piperidine rings is 1. The van der Waals surface area contributed by atoms with Crippen LogP contribution in [0.5, 0.6) is 0 Å². The largest absolute Gasteiger partial charge is 0.342 e. The number of aryl methyl sites for hydroxylation is 1. The number of fused-ring (bicyclic) bond motifs is 1. The molecule has 0 N–H and O–H groups in total. The molecule has 2 saturated heterocycles. The summed E-state index contributed by atoms with van der Waals surface area (Å²) in [6.07, 6.45) is 8.70. The molecule has 0 spiro atoms. The number of rotatable bonds is 4. The molecule has 0 radical (unpaired) electrons. The number of nitrogens with zero attached hydrogens (tertiary/aromatic N) is 5. The van der Waals surface area contributed by atoms with Gasteiger partial charge in [0.05, 0.1) is 6.54 Å². The van der Waals surface area contributed by atoms with Crippen molar-refractivity contribution in [2.75, 3.05) is 26.2 Å². The van der Waals surface area contributed by atoms with E-state index in [0.717, 1.165) is 69.6 Å². The Bertz CT molecular complexity index is 566. The van der Waals surface area contributed by atoms with Gasteiger partial charge in [-0.1, -0.05) is 6.42 Å². The number of aromatic nitrogens is 3. The van der Waals surface area contributed by atoms with Gasteiger partial charge in [0, 0.05) is 26.6 Å². The third-order valence-electron chi connectivity index (χ3n) is 6.42. The van der Waals surface area contributed by atoms with Crippen molar-refractivity contribution >= 4 is 5.91 Å². The smallest absolute Gasteiger partial charge is 0.222 e. The first-order chi connectivity index (χ1) is 11.7. The minimum absolute atomic E-state index is 0.413. The standard InChI is InChI=1S/C18H29N5O/c1-21-17(19-13-20-21)12-22-7-5-14(6-8-22)9-18(24)23-10-15-3-2-4-16(15)11-23/h13-16H,2-12H2,1H3. The summed E-state index contributed by atoms with van der Waals surface area (Å²) in [4.78, 5) is 21.5. The van der Waals surface area contributed by atoms with Gasteiger partial charge in [-0.3, -0.25) is 14.4 Å². The zero-order valence-electron chi connectivity index (χ0n) is 14.7. The fourth-order valence-electron chi connectivity index (χ4n) is 4.83. The molecule has 2 unspecified atom stereocenters. The van der Waals surface area contributed by atoms with E-state index in [4.69, 9.17) is 0 Å². The third-order valence-corrected chi connectivity index (χ3v) is 6.42. The molecule has 1 aromatic heterocycles. The fraction of sp³-hybridized carbons (Fsp3) is 0.833. The van der Waals surface area contributed by atoms with Gasteiger partial charge in [0.25, 0.3) is 0 Å². The van der Waals surface area contributed by atoms with E-state index in [2.05, 4.69) is 19.9 Å². The molecular weight excluding hydrogens is 302 g/mol. The van der Waals surface area contributed by atoms with Gasteiger partial charge in [-0.05, 0) is 56.5 Å². The van der Waals surface area contributed by atoms with Crippen LogP contribution in [-0.2, 0) is 18.4 Å². The lowest BCUT2D eigenvalue weighted by Crippen LogP contribution is -2.37. The summed E-state index contributed by atoms with van der Waals surface area (Å²) in [7, 11) is 1.94. The second kappa shape index (κ2) is 6.82. The molecule has 2 aliphatic heterocycles. The highest BCUT2D eigenvalue weighted by Gasteiger charge is 2.38. The Morgan fingerprint density at radius 1 is 1.17 bits per heavy atom. The first-order valence-corrected chi connectivity index (χ1v) is 9.52. The highest BCUT2D eigenvalue weighted by Crippen LogP contribution is 2.38. The SMILES string of the molecule is Cn1ncnc1CN1CCC(CC(=O)N2CC3CCCC3C2)CC1. The zero-order chi connectivity index (χ0) is 16.5. The summed E-state index contributed by atoms with van der Waals surface area (Å²) in [5.41, 5.74) is 0. The lowest BCUT2D eigenvalue weighted by molar-refractivity contribution is -0.131. The van der Waals surface area contributed by atoms with Crippen LogP contribution in [0.3, 0.4) is 0 Å². The van der Waals surface area contributed by atoms with Gasteiger partial charge in [0.15, 0.2) is 0 Å². The van der Waals surface area contributed by atoms with Crippen molar-refractivity contribution in [1.29, 1.82) is 0 Å². The maximum absolute atomic E-state index is 12.6. The molecule has 3 aliphatic rings. The van der Waals surface area contributed by atoms with Gasteiger partial charge in [0.2, 0.25) is 5.91 Å². The van der Waals surface area contributed by atoms with Crippen LogP contribution >= 0.6 is 0 Å². The minimum atomic E-state index is 0.413. The molecule has 1 saturated carbocycles. The van der Waals surface area contributed by atoms with Crippen LogP contribution in [0.1, 0.15) is 44.3 Å². The minimum Gasteiger partial charge on any atom is -0.342 e. The lowest BCUT2D eigenvalue weighted by Gasteiger charge is -2.32. The molecular formula is C18H29N5O. The predicted molar refractivity (Wildman–Crippen MR) is 91.0 cm³/mol. The van der Waals surface area contributed by atoms with Gasteiger partial charge in [-0.2, -0.15) is 5.10 Å². The molecule has 6 heteroatoms. The molecule has 1 aromatic rings. The lowest BCUT2D eigenvalue weighted by atomic mass is 9.93. The van der Waals surface area contributed by atoms with Crippen LogP contribution < -0.4 is 0 Å². The van der Waals surface area contributed by atoms with Crippen LogP contribution in [-0.4, -0.2) is 56.7 Å². The first-order valence-electron chi connectivity index (χ1n) is 9.52. The molecule has 2 atom stereocenters. The molecule has 1 aliphatic carbocycles. The normalized spacial score (nSPS) is 28.5. The van der Waals surface area contributed by atoms with Gasteiger partial charge in [-0.15, -0.1) is 0 Å². The molecule has 4 rings (SSSR count). The molecule has 0 bridgehead atoms. The van der Waals surface area contributed by atoms with E-state index in [0.29, 0.717) is 11.8 Å². The summed E-state index contributed by atoms with van der Waals surface area (Å²) in [6.45, 7) is 5.07. The van der Waals surface area contributed by atoms with E-state index in [1.54, 1.807) is 6.33 Å². The van der Waals surface area contributed by atoms with Crippen molar-refractivity contribution in [2.45, 2.75) is 45.1 Å². The Morgan fingerprint density at radius 2 is 1.88 bits per heavy atom. The van der Waals surface area contributed by atoms with Gasteiger partial charge in [0.1, 0.15) is 12.2 Å². The van der Waals surface area contributed by atoms with Crippen molar-refractivity contribution in [3.05, 3.63) is 12.2 Å². The Morgan fingerprint density at radius 3 is 2.50 bits per heavy atom. The van der Waals surface area contributed by atoms with Gasteiger partial charge >= 0.3 is 0 Å². The highest BCUT2D eigenvalue weighted by atomic mass is 16.2. The summed E-state index contributed by atoms with van der Waals surface area (Å²) in [5, 5.41) is 4.13. The van der Waals surface area contributed by atoms with Crippen LogP contribution in [0.4, 0.5) is 0 Å². The van der Waals surface area contributed by atoms with Crippen LogP contribution in [0.2, 0.25) is 0 Å². The maximum Gasteiger partial charge on any atom is 0.222 e. The average Bonchev–Trinajstić information content (AvgIpc) is 3.26. The number of hydrogen-bond donors (Lipinski definition) is 0.